The van der Waals surface area contributed by atoms with Gasteiger partial charge < -0.3 is 14.4 Å². The fraction of sp³-hybridized carbons (Fsp3) is 0.308. The molecule has 0 bridgehead atoms. The lowest BCUT2D eigenvalue weighted by molar-refractivity contribution is 0.265. The standard InChI is InChI=1S/C26H30N2O4S/c1-28(2)20-10-13-23-24(17-20)26(32-4)15-14-25(23)27-33(29,30)22-7-5-6-19(16-22)18-8-11-21(31-3)12-9-18/h5-9,11-12,14-16,20,27H,10,13,17H2,1-4H3/t20-/m0/s1. The molecule has 1 aliphatic carbocycles. The van der Waals surface area contributed by atoms with E-state index in [0.29, 0.717) is 11.7 Å². The van der Waals surface area contributed by atoms with Crippen LogP contribution in [0.3, 0.4) is 0 Å². The van der Waals surface area contributed by atoms with Crippen molar-refractivity contribution in [3.05, 3.63) is 71.8 Å². The Morgan fingerprint density at radius 2 is 1.67 bits per heavy atom. The van der Waals surface area contributed by atoms with Gasteiger partial charge in [0.25, 0.3) is 10.0 Å². The fourth-order valence-electron chi connectivity index (χ4n) is 4.39. The van der Waals surface area contributed by atoms with E-state index in [1.165, 1.54) is 0 Å². The molecule has 3 aromatic rings. The quantitative estimate of drug-likeness (QED) is 0.552. The second-order valence-corrected chi connectivity index (χ2v) is 10.2. The molecule has 33 heavy (non-hydrogen) atoms. The third-order valence-corrected chi connectivity index (χ3v) is 7.68. The number of nitrogens with one attached hydrogen (secondary N) is 1. The summed E-state index contributed by atoms with van der Waals surface area (Å²) < 4.78 is 40.3. The summed E-state index contributed by atoms with van der Waals surface area (Å²) in [4.78, 5) is 2.44. The second kappa shape index (κ2) is 9.45. The molecule has 174 valence electrons. The van der Waals surface area contributed by atoms with Crippen molar-refractivity contribution in [2.75, 3.05) is 33.0 Å². The van der Waals surface area contributed by atoms with Gasteiger partial charge in [0.15, 0.2) is 0 Å². The van der Waals surface area contributed by atoms with E-state index in [4.69, 9.17) is 9.47 Å². The average molecular weight is 467 g/mol. The summed E-state index contributed by atoms with van der Waals surface area (Å²) in [7, 11) is 3.66. The highest BCUT2D eigenvalue weighted by Crippen LogP contribution is 2.37. The van der Waals surface area contributed by atoms with Gasteiger partial charge in [-0.2, -0.15) is 0 Å². The van der Waals surface area contributed by atoms with Gasteiger partial charge in [0, 0.05) is 11.6 Å². The van der Waals surface area contributed by atoms with Gasteiger partial charge in [-0.1, -0.05) is 24.3 Å². The molecular weight excluding hydrogens is 436 g/mol. The number of nitrogens with zero attached hydrogens (tertiary/aromatic N) is 1. The second-order valence-electron chi connectivity index (χ2n) is 8.49. The summed E-state index contributed by atoms with van der Waals surface area (Å²) in [5.74, 6) is 1.56. The molecule has 3 aromatic carbocycles. The van der Waals surface area contributed by atoms with Gasteiger partial charge in [-0.05, 0) is 86.4 Å². The number of hydrogen-bond acceptors (Lipinski definition) is 5. The van der Waals surface area contributed by atoms with Crippen molar-refractivity contribution < 1.29 is 17.9 Å². The van der Waals surface area contributed by atoms with Gasteiger partial charge in [-0.25, -0.2) is 8.42 Å². The van der Waals surface area contributed by atoms with Crippen molar-refractivity contribution in [2.24, 2.45) is 0 Å². The van der Waals surface area contributed by atoms with E-state index in [2.05, 4.69) is 23.7 Å². The zero-order valence-electron chi connectivity index (χ0n) is 19.5. The molecule has 1 N–H and O–H groups in total. The number of fused-ring (bicyclic) bond motifs is 1. The number of rotatable bonds is 7. The molecule has 7 heteroatoms. The minimum Gasteiger partial charge on any atom is -0.497 e. The minimum atomic E-state index is -3.77. The lowest BCUT2D eigenvalue weighted by atomic mass is 9.86. The summed E-state index contributed by atoms with van der Waals surface area (Å²) in [6.45, 7) is 0. The van der Waals surface area contributed by atoms with E-state index >= 15 is 0 Å². The maximum Gasteiger partial charge on any atom is 0.261 e. The van der Waals surface area contributed by atoms with Gasteiger partial charge in [0.1, 0.15) is 11.5 Å². The van der Waals surface area contributed by atoms with Gasteiger partial charge in [-0.15, -0.1) is 0 Å². The normalized spacial score (nSPS) is 15.7. The Hall–Kier alpha value is -3.03. The van der Waals surface area contributed by atoms with Crippen LogP contribution in [0.15, 0.2) is 65.6 Å². The molecule has 0 aromatic heterocycles. The van der Waals surface area contributed by atoms with Crippen LogP contribution in [0.25, 0.3) is 11.1 Å². The van der Waals surface area contributed by atoms with Crippen molar-refractivity contribution in [3.63, 3.8) is 0 Å². The number of sulfonamides is 1. The number of likely N-dealkylation sites (N-methyl/N-ethyl adjacent to an activating group) is 1. The van der Waals surface area contributed by atoms with Gasteiger partial charge >= 0.3 is 0 Å². The van der Waals surface area contributed by atoms with Crippen LogP contribution in [0.4, 0.5) is 5.69 Å². The first-order valence-electron chi connectivity index (χ1n) is 10.9. The Balaban J connectivity index is 1.65. The van der Waals surface area contributed by atoms with E-state index in [1.807, 2.05) is 36.4 Å². The molecule has 0 heterocycles. The molecule has 6 nitrogen and oxygen atoms in total. The summed E-state index contributed by atoms with van der Waals surface area (Å²) in [6, 6.07) is 18.6. The van der Waals surface area contributed by atoms with E-state index in [9.17, 15) is 8.42 Å². The minimum absolute atomic E-state index is 0.224. The number of anilines is 1. The highest BCUT2D eigenvalue weighted by Gasteiger charge is 2.27. The maximum atomic E-state index is 13.3. The van der Waals surface area contributed by atoms with Crippen LogP contribution in [-0.2, 0) is 22.9 Å². The molecule has 0 amide bonds. The molecule has 0 unspecified atom stereocenters. The highest BCUT2D eigenvalue weighted by molar-refractivity contribution is 7.92. The molecule has 0 radical (unpaired) electrons. The van der Waals surface area contributed by atoms with E-state index in [-0.39, 0.29) is 4.90 Å². The Kier molecular flexibility index (Phi) is 6.63. The van der Waals surface area contributed by atoms with Crippen LogP contribution in [0.1, 0.15) is 17.5 Å². The first kappa shape index (κ1) is 23.1. The first-order valence-corrected chi connectivity index (χ1v) is 12.4. The third-order valence-electron chi connectivity index (χ3n) is 6.32. The molecule has 0 saturated heterocycles. The zero-order chi connectivity index (χ0) is 23.6. The monoisotopic (exact) mass is 466 g/mol. The predicted octanol–water partition coefficient (Wildman–Crippen LogP) is 4.59. The largest absolute Gasteiger partial charge is 0.497 e. The summed E-state index contributed by atoms with van der Waals surface area (Å²) in [5.41, 5.74) is 4.46. The molecule has 4 rings (SSSR count). The van der Waals surface area contributed by atoms with E-state index in [0.717, 1.165) is 53.0 Å². The Morgan fingerprint density at radius 3 is 2.33 bits per heavy atom. The van der Waals surface area contributed by atoms with Crippen LogP contribution in [0, 0.1) is 0 Å². The summed E-state index contributed by atoms with van der Waals surface area (Å²) in [6.07, 6.45) is 2.59. The van der Waals surface area contributed by atoms with E-state index in [1.54, 1.807) is 38.5 Å². The Morgan fingerprint density at radius 1 is 0.909 bits per heavy atom. The summed E-state index contributed by atoms with van der Waals surface area (Å²) >= 11 is 0. The number of benzene rings is 3. The molecule has 1 aliphatic rings. The maximum absolute atomic E-state index is 13.3. The van der Waals surface area contributed by atoms with Crippen LogP contribution in [-0.4, -0.2) is 47.7 Å². The van der Waals surface area contributed by atoms with Crippen LogP contribution in [0.5, 0.6) is 11.5 Å². The van der Waals surface area contributed by atoms with Crippen molar-refractivity contribution in [3.8, 4) is 22.6 Å². The predicted molar refractivity (Wildman–Crippen MR) is 132 cm³/mol. The van der Waals surface area contributed by atoms with Gasteiger partial charge in [0.05, 0.1) is 24.8 Å². The van der Waals surface area contributed by atoms with Gasteiger partial charge in [0.2, 0.25) is 0 Å². The number of methoxy groups -OCH3 is 2. The fourth-order valence-corrected chi connectivity index (χ4v) is 5.53. The smallest absolute Gasteiger partial charge is 0.261 e. The van der Waals surface area contributed by atoms with Gasteiger partial charge in [-0.3, -0.25) is 4.72 Å². The molecule has 0 fully saturated rings. The number of ether oxygens (including phenoxy) is 2. The topological polar surface area (TPSA) is 67.9 Å². The Labute approximate surface area is 196 Å². The summed E-state index contributed by atoms with van der Waals surface area (Å²) in [5, 5.41) is 0. The van der Waals surface area contributed by atoms with Crippen LogP contribution in [0.2, 0.25) is 0 Å². The molecular formula is C26H30N2O4S. The van der Waals surface area contributed by atoms with Crippen molar-refractivity contribution in [1.29, 1.82) is 0 Å². The SMILES string of the molecule is COc1ccc(-c2cccc(S(=O)(=O)Nc3ccc(OC)c4c3CC[C@H](N(C)C)C4)c2)cc1. The number of hydrogen-bond donors (Lipinski definition) is 1. The van der Waals surface area contributed by atoms with E-state index < -0.39 is 10.0 Å². The van der Waals surface area contributed by atoms with Crippen molar-refractivity contribution in [2.45, 2.75) is 30.2 Å². The van der Waals surface area contributed by atoms with Crippen molar-refractivity contribution >= 4 is 15.7 Å². The highest BCUT2D eigenvalue weighted by atomic mass is 32.2. The molecule has 1 atom stereocenters. The van der Waals surface area contributed by atoms with Crippen molar-refractivity contribution in [1.82, 2.24) is 4.90 Å². The lowest BCUT2D eigenvalue weighted by Gasteiger charge is -2.32. The Bertz CT molecular complexity index is 1240. The van der Waals surface area contributed by atoms with Crippen LogP contribution >= 0.6 is 0 Å². The first-order chi connectivity index (χ1) is 15.8. The molecule has 0 saturated carbocycles. The lowest BCUT2D eigenvalue weighted by Crippen LogP contribution is -2.34. The van der Waals surface area contributed by atoms with Crippen LogP contribution < -0.4 is 14.2 Å². The molecule has 0 spiro atoms. The zero-order valence-corrected chi connectivity index (χ0v) is 20.3. The molecule has 0 aliphatic heterocycles. The third kappa shape index (κ3) is 4.84. The average Bonchev–Trinajstić information content (AvgIpc) is 2.84.